The molecule has 1 aliphatic rings. The first-order valence-electron chi connectivity index (χ1n) is 8.59. The van der Waals surface area contributed by atoms with E-state index in [-0.39, 0.29) is 24.3 Å². The Hall–Kier alpha value is -3.33. The Bertz CT molecular complexity index is 925. The molecule has 27 heavy (non-hydrogen) atoms. The van der Waals surface area contributed by atoms with Gasteiger partial charge in [-0.25, -0.2) is 9.97 Å². The Morgan fingerprint density at radius 1 is 1.30 bits per heavy atom. The van der Waals surface area contributed by atoms with Crippen molar-refractivity contribution < 1.29 is 14.3 Å². The number of rotatable bonds is 4. The highest BCUT2D eigenvalue weighted by Gasteiger charge is 2.31. The quantitative estimate of drug-likeness (QED) is 0.739. The van der Waals surface area contributed by atoms with Crippen molar-refractivity contribution >= 4 is 23.3 Å². The summed E-state index contributed by atoms with van der Waals surface area (Å²) in [7, 11) is 0. The van der Waals surface area contributed by atoms with Gasteiger partial charge in [0.05, 0.1) is 31.1 Å². The Labute approximate surface area is 155 Å². The summed E-state index contributed by atoms with van der Waals surface area (Å²) in [5.74, 6) is 0.0240. The number of pyridine rings is 1. The first kappa shape index (κ1) is 17.1. The van der Waals surface area contributed by atoms with Gasteiger partial charge in [-0.05, 0) is 18.2 Å². The minimum Gasteiger partial charge on any atom is -0.377 e. The fourth-order valence-corrected chi connectivity index (χ4v) is 3.03. The minimum atomic E-state index is -0.360. The van der Waals surface area contributed by atoms with Crippen molar-refractivity contribution in [3.8, 4) is 0 Å². The number of hydrogen-bond donors (Lipinski definition) is 1. The fourth-order valence-electron chi connectivity index (χ4n) is 3.03. The van der Waals surface area contributed by atoms with E-state index in [1.807, 2.05) is 0 Å². The summed E-state index contributed by atoms with van der Waals surface area (Å²) in [4.78, 5) is 39.3. The lowest BCUT2D eigenvalue weighted by atomic mass is 10.1. The van der Waals surface area contributed by atoms with Crippen LogP contribution in [0.5, 0.6) is 0 Å². The van der Waals surface area contributed by atoms with Gasteiger partial charge in [-0.15, -0.1) is 0 Å². The van der Waals surface area contributed by atoms with E-state index in [0.717, 1.165) is 0 Å². The molecule has 1 unspecified atom stereocenters. The molecule has 0 aliphatic carbocycles. The molecule has 9 heteroatoms. The third kappa shape index (κ3) is 3.77. The van der Waals surface area contributed by atoms with Crippen LogP contribution in [0.15, 0.2) is 49.2 Å². The highest BCUT2D eigenvalue weighted by molar-refractivity contribution is 5.94. The molecule has 4 heterocycles. The largest absolute Gasteiger partial charge is 0.377 e. The van der Waals surface area contributed by atoms with Crippen LogP contribution in [0.1, 0.15) is 16.9 Å². The number of carbonyl (C=O) groups is 2. The van der Waals surface area contributed by atoms with Gasteiger partial charge in [0.15, 0.2) is 0 Å². The van der Waals surface area contributed by atoms with Crippen LogP contribution in [-0.2, 0) is 9.53 Å². The highest BCUT2D eigenvalue weighted by Crippen LogP contribution is 2.16. The number of aromatic nitrogens is 4. The van der Waals surface area contributed by atoms with Gasteiger partial charge in [0, 0.05) is 37.8 Å². The van der Waals surface area contributed by atoms with Crippen LogP contribution >= 0.6 is 0 Å². The lowest BCUT2D eigenvalue weighted by Gasteiger charge is -2.34. The van der Waals surface area contributed by atoms with Crippen LogP contribution in [0, 0.1) is 0 Å². The van der Waals surface area contributed by atoms with E-state index in [1.165, 1.54) is 0 Å². The van der Waals surface area contributed by atoms with Crippen LogP contribution in [0.25, 0.3) is 5.78 Å². The Morgan fingerprint density at radius 2 is 2.22 bits per heavy atom. The first-order chi connectivity index (χ1) is 13.2. The summed E-state index contributed by atoms with van der Waals surface area (Å²) in [5.41, 5.74) is 0.914. The van der Waals surface area contributed by atoms with E-state index in [4.69, 9.17) is 4.74 Å². The zero-order chi connectivity index (χ0) is 18.6. The maximum Gasteiger partial charge on any atom is 0.274 e. The Morgan fingerprint density at radius 3 is 3.04 bits per heavy atom. The van der Waals surface area contributed by atoms with Crippen molar-refractivity contribution in [3.05, 3.63) is 54.9 Å². The van der Waals surface area contributed by atoms with Gasteiger partial charge >= 0.3 is 0 Å². The Kier molecular flexibility index (Phi) is 4.75. The maximum atomic E-state index is 12.9. The maximum absolute atomic E-state index is 12.9. The summed E-state index contributed by atoms with van der Waals surface area (Å²) in [6.07, 6.45) is 8.39. The van der Waals surface area contributed by atoms with Gasteiger partial charge in [0.2, 0.25) is 11.7 Å². The number of hydrogen-bond acceptors (Lipinski definition) is 6. The van der Waals surface area contributed by atoms with E-state index in [9.17, 15) is 9.59 Å². The Balaban J connectivity index is 1.48. The average Bonchev–Trinajstić information content (AvgIpc) is 3.13. The van der Waals surface area contributed by atoms with Crippen molar-refractivity contribution in [2.24, 2.45) is 0 Å². The molecule has 2 amide bonds. The molecule has 4 rings (SSSR count). The van der Waals surface area contributed by atoms with Crippen molar-refractivity contribution in [3.63, 3.8) is 0 Å². The molecule has 1 N–H and O–H groups in total. The molecule has 9 nitrogen and oxygen atoms in total. The summed E-state index contributed by atoms with van der Waals surface area (Å²) < 4.78 is 7.18. The molecule has 0 saturated carbocycles. The van der Waals surface area contributed by atoms with Gasteiger partial charge in [-0.1, -0.05) is 0 Å². The number of morpholine rings is 1. The summed E-state index contributed by atoms with van der Waals surface area (Å²) in [5, 5.41) is 2.79. The number of ether oxygens (including phenoxy) is 1. The van der Waals surface area contributed by atoms with Crippen LogP contribution in [0.3, 0.4) is 0 Å². The molecule has 0 bridgehead atoms. The monoisotopic (exact) mass is 366 g/mol. The van der Waals surface area contributed by atoms with Crippen molar-refractivity contribution in [1.29, 1.82) is 0 Å². The third-order valence-corrected chi connectivity index (χ3v) is 4.31. The van der Waals surface area contributed by atoms with Gasteiger partial charge < -0.3 is 15.0 Å². The number of amides is 2. The van der Waals surface area contributed by atoms with Gasteiger partial charge in [-0.3, -0.25) is 19.0 Å². The highest BCUT2D eigenvalue weighted by atomic mass is 16.5. The predicted molar refractivity (Wildman–Crippen MR) is 96.1 cm³/mol. The number of nitrogens with zero attached hydrogens (tertiary/aromatic N) is 5. The average molecular weight is 366 g/mol. The molecule has 1 fully saturated rings. The molecule has 138 valence electrons. The molecule has 3 aromatic heterocycles. The lowest BCUT2D eigenvalue weighted by molar-refractivity contribution is -0.118. The van der Waals surface area contributed by atoms with Crippen molar-refractivity contribution in [2.75, 3.05) is 25.1 Å². The van der Waals surface area contributed by atoms with E-state index in [0.29, 0.717) is 36.9 Å². The predicted octanol–water partition coefficient (Wildman–Crippen LogP) is 0.994. The van der Waals surface area contributed by atoms with Gasteiger partial charge in [-0.2, -0.15) is 0 Å². The normalized spacial score (nSPS) is 17.0. The molecule has 0 radical (unpaired) electrons. The standard InChI is InChI=1S/C18H18N6O3/c25-16(21-13-3-1-4-19-10-13)9-14-12-27-8-7-24(14)17(26)15-11-23-6-2-5-20-18(23)22-15/h1-6,10-11,14H,7-9,12H2,(H,21,25). The second kappa shape index (κ2) is 7.50. The first-order valence-corrected chi connectivity index (χ1v) is 8.59. The van der Waals surface area contributed by atoms with Crippen LogP contribution in [0.4, 0.5) is 5.69 Å². The third-order valence-electron chi connectivity index (χ3n) is 4.31. The second-order valence-electron chi connectivity index (χ2n) is 6.17. The van der Waals surface area contributed by atoms with Crippen LogP contribution < -0.4 is 5.32 Å². The summed E-state index contributed by atoms with van der Waals surface area (Å²) in [6, 6.07) is 4.91. The van der Waals surface area contributed by atoms with Gasteiger partial charge in [0.1, 0.15) is 5.69 Å². The number of anilines is 1. The van der Waals surface area contributed by atoms with E-state index < -0.39 is 0 Å². The molecular formula is C18H18N6O3. The van der Waals surface area contributed by atoms with Crippen LogP contribution in [-0.4, -0.2) is 61.9 Å². The topological polar surface area (TPSA) is 102 Å². The van der Waals surface area contributed by atoms with Gasteiger partial charge in [0.25, 0.3) is 5.91 Å². The molecular weight excluding hydrogens is 348 g/mol. The van der Waals surface area contributed by atoms with Crippen LogP contribution in [0.2, 0.25) is 0 Å². The zero-order valence-corrected chi connectivity index (χ0v) is 14.5. The zero-order valence-electron chi connectivity index (χ0n) is 14.5. The van der Waals surface area contributed by atoms with E-state index in [1.54, 1.807) is 58.5 Å². The van der Waals surface area contributed by atoms with E-state index >= 15 is 0 Å². The molecule has 0 aromatic carbocycles. The van der Waals surface area contributed by atoms with E-state index in [2.05, 4.69) is 20.3 Å². The van der Waals surface area contributed by atoms with Crippen molar-refractivity contribution in [2.45, 2.75) is 12.5 Å². The fraction of sp³-hybridized carbons (Fsp3) is 0.278. The molecule has 0 spiro atoms. The number of fused-ring (bicyclic) bond motifs is 1. The van der Waals surface area contributed by atoms with Crippen molar-refractivity contribution in [1.82, 2.24) is 24.3 Å². The number of imidazole rings is 1. The molecule has 1 aliphatic heterocycles. The molecule has 3 aromatic rings. The molecule has 1 atom stereocenters. The smallest absolute Gasteiger partial charge is 0.274 e. The molecule has 1 saturated heterocycles. The minimum absolute atomic E-state index is 0.131. The number of carbonyl (C=O) groups excluding carboxylic acids is 2. The second-order valence-corrected chi connectivity index (χ2v) is 6.17. The summed E-state index contributed by atoms with van der Waals surface area (Å²) >= 11 is 0. The number of nitrogens with one attached hydrogen (secondary N) is 1. The SMILES string of the molecule is O=C(CC1COCCN1C(=O)c1cn2cccnc2n1)Nc1cccnc1. The summed E-state index contributed by atoms with van der Waals surface area (Å²) in [6.45, 7) is 1.14. The lowest BCUT2D eigenvalue weighted by Crippen LogP contribution is -2.50.